The molecule has 2 N–H and O–H groups in total. The summed E-state index contributed by atoms with van der Waals surface area (Å²) in [6.45, 7) is 5.23. The fourth-order valence-electron chi connectivity index (χ4n) is 2.36. The van der Waals surface area contributed by atoms with Gasteiger partial charge in [-0.05, 0) is 24.9 Å². The highest BCUT2D eigenvalue weighted by Gasteiger charge is 2.23. The highest BCUT2D eigenvalue weighted by atomic mass is 16.5. The van der Waals surface area contributed by atoms with Crippen LogP contribution >= 0.6 is 0 Å². The van der Waals surface area contributed by atoms with Crippen molar-refractivity contribution in [1.82, 2.24) is 9.88 Å². The van der Waals surface area contributed by atoms with E-state index in [0.29, 0.717) is 12.0 Å². The van der Waals surface area contributed by atoms with Crippen LogP contribution in [0.1, 0.15) is 18.9 Å². The van der Waals surface area contributed by atoms with Gasteiger partial charge in [-0.15, -0.1) is 0 Å². The predicted octanol–water partition coefficient (Wildman–Crippen LogP) is 1.26. The van der Waals surface area contributed by atoms with Crippen molar-refractivity contribution in [3.63, 3.8) is 0 Å². The van der Waals surface area contributed by atoms with E-state index >= 15 is 0 Å². The maximum atomic E-state index is 6.03. The van der Waals surface area contributed by atoms with Crippen molar-refractivity contribution in [3.05, 3.63) is 23.9 Å². The van der Waals surface area contributed by atoms with Crippen molar-refractivity contribution < 1.29 is 4.74 Å². The molecule has 0 aliphatic carbocycles. The SMILES string of the molecule is COc1ncccc1CN1CCC(N)C(C)C1. The summed E-state index contributed by atoms with van der Waals surface area (Å²) in [7, 11) is 1.67. The number of nitrogens with two attached hydrogens (primary N) is 1. The Morgan fingerprint density at radius 3 is 3.12 bits per heavy atom. The van der Waals surface area contributed by atoms with E-state index in [9.17, 15) is 0 Å². The molecule has 4 heteroatoms. The molecule has 1 fully saturated rings. The van der Waals surface area contributed by atoms with Crippen molar-refractivity contribution in [2.24, 2.45) is 11.7 Å². The molecule has 2 atom stereocenters. The molecule has 1 aliphatic rings. The third kappa shape index (κ3) is 2.96. The molecule has 17 heavy (non-hydrogen) atoms. The van der Waals surface area contributed by atoms with Crippen LogP contribution in [0.4, 0.5) is 0 Å². The van der Waals surface area contributed by atoms with Crippen LogP contribution in [-0.2, 0) is 6.54 Å². The topological polar surface area (TPSA) is 51.4 Å². The number of ether oxygens (including phenoxy) is 1. The highest BCUT2D eigenvalue weighted by Crippen LogP contribution is 2.20. The number of methoxy groups -OCH3 is 1. The van der Waals surface area contributed by atoms with Gasteiger partial charge in [0.05, 0.1) is 7.11 Å². The van der Waals surface area contributed by atoms with E-state index in [1.165, 1.54) is 0 Å². The van der Waals surface area contributed by atoms with Crippen molar-refractivity contribution in [1.29, 1.82) is 0 Å². The van der Waals surface area contributed by atoms with Crippen molar-refractivity contribution in [3.8, 4) is 5.88 Å². The van der Waals surface area contributed by atoms with Gasteiger partial charge in [-0.3, -0.25) is 4.90 Å². The Kier molecular flexibility index (Phi) is 3.97. The molecule has 2 unspecified atom stereocenters. The molecule has 0 spiro atoms. The minimum Gasteiger partial charge on any atom is -0.481 e. The molecule has 0 radical (unpaired) electrons. The Morgan fingerprint density at radius 1 is 1.59 bits per heavy atom. The summed E-state index contributed by atoms with van der Waals surface area (Å²) in [5.74, 6) is 1.29. The second-order valence-corrected chi connectivity index (χ2v) is 4.84. The van der Waals surface area contributed by atoms with Crippen molar-refractivity contribution >= 4 is 0 Å². The molecule has 1 aromatic heterocycles. The average Bonchev–Trinajstić information content (AvgIpc) is 2.34. The van der Waals surface area contributed by atoms with Crippen LogP contribution < -0.4 is 10.5 Å². The molecule has 1 aliphatic heterocycles. The van der Waals surface area contributed by atoms with E-state index in [0.717, 1.165) is 37.5 Å². The molecule has 1 saturated heterocycles. The van der Waals surface area contributed by atoms with Crippen molar-refractivity contribution in [2.45, 2.75) is 25.9 Å². The number of hydrogen-bond donors (Lipinski definition) is 1. The molecule has 94 valence electrons. The van der Waals surface area contributed by atoms with E-state index in [-0.39, 0.29) is 0 Å². The molecular formula is C13H21N3O. The van der Waals surface area contributed by atoms with Gasteiger partial charge in [-0.25, -0.2) is 4.98 Å². The van der Waals surface area contributed by atoms with Gasteiger partial charge in [0, 0.05) is 30.9 Å². The molecule has 0 amide bonds. The lowest BCUT2D eigenvalue weighted by molar-refractivity contribution is 0.156. The molecule has 2 heterocycles. The van der Waals surface area contributed by atoms with Crippen molar-refractivity contribution in [2.75, 3.05) is 20.2 Å². The zero-order valence-electron chi connectivity index (χ0n) is 10.6. The maximum absolute atomic E-state index is 6.03. The third-order valence-electron chi connectivity index (χ3n) is 3.49. The van der Waals surface area contributed by atoms with Gasteiger partial charge in [0.15, 0.2) is 0 Å². The van der Waals surface area contributed by atoms with Gasteiger partial charge >= 0.3 is 0 Å². The largest absolute Gasteiger partial charge is 0.481 e. The van der Waals surface area contributed by atoms with Crippen LogP contribution in [0.5, 0.6) is 5.88 Å². The van der Waals surface area contributed by atoms with Crippen LogP contribution in [0.2, 0.25) is 0 Å². The number of likely N-dealkylation sites (tertiary alicyclic amines) is 1. The van der Waals surface area contributed by atoms with Gasteiger partial charge in [-0.2, -0.15) is 0 Å². The highest BCUT2D eigenvalue weighted by molar-refractivity contribution is 5.25. The Balaban J connectivity index is 2.01. The standard InChI is InChI=1S/C13H21N3O/c1-10-8-16(7-5-12(10)14)9-11-4-3-6-15-13(11)17-2/h3-4,6,10,12H,5,7-9,14H2,1-2H3. The lowest BCUT2D eigenvalue weighted by Crippen LogP contribution is -2.45. The fraction of sp³-hybridized carbons (Fsp3) is 0.615. The van der Waals surface area contributed by atoms with Crippen LogP contribution in [0, 0.1) is 5.92 Å². The summed E-state index contributed by atoms with van der Waals surface area (Å²) >= 11 is 0. The number of aromatic nitrogens is 1. The molecule has 0 aromatic carbocycles. The van der Waals surface area contributed by atoms with Gasteiger partial charge in [0.1, 0.15) is 0 Å². The van der Waals surface area contributed by atoms with Crippen LogP contribution in [-0.4, -0.2) is 36.1 Å². The minimum absolute atomic E-state index is 0.349. The predicted molar refractivity (Wildman–Crippen MR) is 67.8 cm³/mol. The van der Waals surface area contributed by atoms with Gasteiger partial charge in [0.2, 0.25) is 5.88 Å². The number of hydrogen-bond acceptors (Lipinski definition) is 4. The second kappa shape index (κ2) is 5.47. The number of piperidine rings is 1. The van der Waals surface area contributed by atoms with Crippen LogP contribution in [0.15, 0.2) is 18.3 Å². The van der Waals surface area contributed by atoms with Gasteiger partial charge < -0.3 is 10.5 Å². The summed E-state index contributed by atoms with van der Waals surface area (Å²) in [6.07, 6.45) is 2.83. The van der Waals surface area contributed by atoms with Crippen LogP contribution in [0.3, 0.4) is 0 Å². The normalized spacial score (nSPS) is 25.8. The van der Waals surface area contributed by atoms with E-state index in [1.54, 1.807) is 13.3 Å². The first-order chi connectivity index (χ1) is 8.20. The van der Waals surface area contributed by atoms with E-state index < -0.39 is 0 Å². The average molecular weight is 235 g/mol. The molecular weight excluding hydrogens is 214 g/mol. The molecule has 0 bridgehead atoms. The summed E-state index contributed by atoms with van der Waals surface area (Å²) in [5, 5.41) is 0. The lowest BCUT2D eigenvalue weighted by Gasteiger charge is -2.35. The molecule has 4 nitrogen and oxygen atoms in total. The summed E-state index contributed by atoms with van der Waals surface area (Å²) in [4.78, 5) is 6.65. The van der Waals surface area contributed by atoms with Gasteiger partial charge in [-0.1, -0.05) is 13.0 Å². The maximum Gasteiger partial charge on any atom is 0.217 e. The lowest BCUT2D eigenvalue weighted by atomic mass is 9.94. The zero-order valence-corrected chi connectivity index (χ0v) is 10.6. The van der Waals surface area contributed by atoms with E-state index in [2.05, 4.69) is 22.9 Å². The first-order valence-corrected chi connectivity index (χ1v) is 6.16. The number of pyridine rings is 1. The summed E-state index contributed by atoms with van der Waals surface area (Å²) in [5.41, 5.74) is 7.18. The van der Waals surface area contributed by atoms with Crippen LogP contribution in [0.25, 0.3) is 0 Å². The quantitative estimate of drug-likeness (QED) is 0.857. The molecule has 0 saturated carbocycles. The first kappa shape index (κ1) is 12.3. The van der Waals surface area contributed by atoms with E-state index in [4.69, 9.17) is 10.5 Å². The third-order valence-corrected chi connectivity index (χ3v) is 3.49. The fourth-order valence-corrected chi connectivity index (χ4v) is 2.36. The molecule has 1 aromatic rings. The van der Waals surface area contributed by atoms with E-state index in [1.807, 2.05) is 6.07 Å². The van der Waals surface area contributed by atoms with Gasteiger partial charge in [0.25, 0.3) is 0 Å². The Hall–Kier alpha value is -1.13. The zero-order chi connectivity index (χ0) is 12.3. The Bertz CT molecular complexity index is 369. The Morgan fingerprint density at radius 2 is 2.41 bits per heavy atom. The minimum atomic E-state index is 0.349. The molecule has 2 rings (SSSR count). The monoisotopic (exact) mass is 235 g/mol. The number of rotatable bonds is 3. The first-order valence-electron chi connectivity index (χ1n) is 6.16. The second-order valence-electron chi connectivity index (χ2n) is 4.84. The summed E-state index contributed by atoms with van der Waals surface area (Å²) < 4.78 is 5.27. The number of nitrogens with zero attached hydrogens (tertiary/aromatic N) is 2. The summed E-state index contributed by atoms with van der Waals surface area (Å²) in [6, 6.07) is 4.38. The Labute approximate surface area is 103 Å². The smallest absolute Gasteiger partial charge is 0.217 e.